The summed E-state index contributed by atoms with van der Waals surface area (Å²) in [6.45, 7) is 0.132. The lowest BCUT2D eigenvalue weighted by molar-refractivity contribution is -0.143. The van der Waals surface area contributed by atoms with Gasteiger partial charge >= 0.3 is 6.18 Å². The van der Waals surface area contributed by atoms with Crippen LogP contribution in [-0.2, 0) is 12.6 Å². The highest BCUT2D eigenvalue weighted by Gasteiger charge is 2.38. The van der Waals surface area contributed by atoms with Gasteiger partial charge in [0.2, 0.25) is 0 Å². The predicted molar refractivity (Wildman–Crippen MR) is 67.9 cm³/mol. The van der Waals surface area contributed by atoms with Gasteiger partial charge in [0, 0.05) is 11.6 Å². The fourth-order valence-electron chi connectivity index (χ4n) is 1.96. The van der Waals surface area contributed by atoms with Crippen molar-refractivity contribution in [1.29, 1.82) is 0 Å². The van der Waals surface area contributed by atoms with Gasteiger partial charge in [-0.2, -0.15) is 18.3 Å². The number of alkyl halides is 3. The maximum absolute atomic E-state index is 13.2. The molecule has 4 nitrogen and oxygen atoms in total. The Labute approximate surface area is 114 Å². The van der Waals surface area contributed by atoms with Crippen molar-refractivity contribution in [3.8, 4) is 11.4 Å². The highest BCUT2D eigenvalue weighted by molar-refractivity contribution is 5.41. The maximum atomic E-state index is 13.2. The number of benzene rings is 1. The van der Waals surface area contributed by atoms with Gasteiger partial charge in [-0.3, -0.25) is 0 Å². The van der Waals surface area contributed by atoms with Gasteiger partial charge in [-0.15, -0.1) is 0 Å². The second-order valence-electron chi connectivity index (χ2n) is 4.17. The molecule has 108 valence electrons. The van der Waals surface area contributed by atoms with Crippen LogP contribution in [-0.4, -0.2) is 23.4 Å². The van der Waals surface area contributed by atoms with Crippen LogP contribution in [0.2, 0.25) is 0 Å². The van der Waals surface area contributed by atoms with Crippen LogP contribution in [0.4, 0.5) is 13.2 Å². The molecule has 0 aliphatic heterocycles. The molecule has 0 saturated heterocycles. The maximum Gasteiger partial charge on any atom is 0.433 e. The number of ether oxygens (including phenoxy) is 1. The summed E-state index contributed by atoms with van der Waals surface area (Å²) in [7, 11) is 1.45. The molecule has 7 heteroatoms. The first-order valence-corrected chi connectivity index (χ1v) is 5.96. The lowest BCUT2D eigenvalue weighted by atomic mass is 10.1. The molecule has 1 aromatic heterocycles. The first kappa shape index (κ1) is 14.4. The van der Waals surface area contributed by atoms with Crippen molar-refractivity contribution in [2.24, 2.45) is 5.73 Å². The van der Waals surface area contributed by atoms with Crippen molar-refractivity contribution in [2.75, 3.05) is 13.7 Å². The smallest absolute Gasteiger partial charge is 0.433 e. The van der Waals surface area contributed by atoms with Crippen molar-refractivity contribution in [3.63, 3.8) is 0 Å². The van der Waals surface area contributed by atoms with Crippen molar-refractivity contribution in [3.05, 3.63) is 41.7 Å². The van der Waals surface area contributed by atoms with E-state index < -0.39 is 11.9 Å². The molecule has 0 fully saturated rings. The Morgan fingerprint density at radius 2 is 2.10 bits per heavy atom. The van der Waals surface area contributed by atoms with Crippen LogP contribution in [0.15, 0.2) is 30.5 Å². The summed E-state index contributed by atoms with van der Waals surface area (Å²) in [6, 6.07) is 6.30. The van der Waals surface area contributed by atoms with E-state index in [0.29, 0.717) is 11.4 Å². The van der Waals surface area contributed by atoms with Crippen LogP contribution in [0.1, 0.15) is 11.3 Å². The zero-order valence-electron chi connectivity index (χ0n) is 10.8. The summed E-state index contributed by atoms with van der Waals surface area (Å²) < 4.78 is 45.5. The third kappa shape index (κ3) is 2.77. The molecule has 0 radical (unpaired) electrons. The minimum atomic E-state index is -4.50. The van der Waals surface area contributed by atoms with Crippen molar-refractivity contribution >= 4 is 0 Å². The second-order valence-corrected chi connectivity index (χ2v) is 4.17. The minimum Gasteiger partial charge on any atom is -0.497 e. The van der Waals surface area contributed by atoms with Crippen molar-refractivity contribution in [2.45, 2.75) is 12.6 Å². The SMILES string of the molecule is COc1cccc(-n2ncc(CCN)c2C(F)(F)F)c1. The Kier molecular flexibility index (Phi) is 3.99. The minimum absolute atomic E-state index is 0.0859. The molecular formula is C13H14F3N3O. The average Bonchev–Trinajstić information content (AvgIpc) is 2.83. The molecule has 0 aliphatic rings. The summed E-state index contributed by atoms with van der Waals surface area (Å²) >= 11 is 0. The number of rotatable bonds is 4. The number of nitrogens with zero attached hydrogens (tertiary/aromatic N) is 2. The Balaban J connectivity index is 2.56. The van der Waals surface area contributed by atoms with Gasteiger partial charge in [-0.1, -0.05) is 6.07 Å². The Bertz CT molecular complexity index is 593. The van der Waals surface area contributed by atoms with E-state index >= 15 is 0 Å². The molecule has 0 unspecified atom stereocenters. The number of nitrogens with two attached hydrogens (primary N) is 1. The molecule has 0 spiro atoms. The van der Waals surface area contributed by atoms with E-state index in [1.165, 1.54) is 25.4 Å². The molecule has 2 aromatic rings. The predicted octanol–water partition coefficient (Wildman–Crippen LogP) is 2.40. The molecule has 0 bridgehead atoms. The molecule has 20 heavy (non-hydrogen) atoms. The molecule has 0 amide bonds. The van der Waals surface area contributed by atoms with Gasteiger partial charge in [0.05, 0.1) is 19.0 Å². The lowest BCUT2D eigenvalue weighted by Gasteiger charge is -2.13. The summed E-state index contributed by atoms with van der Waals surface area (Å²) in [5.74, 6) is 0.464. The monoisotopic (exact) mass is 285 g/mol. The molecule has 1 heterocycles. The highest BCUT2D eigenvalue weighted by atomic mass is 19.4. The fraction of sp³-hybridized carbons (Fsp3) is 0.308. The highest BCUT2D eigenvalue weighted by Crippen LogP contribution is 2.34. The molecule has 0 aliphatic carbocycles. The van der Waals surface area contributed by atoms with E-state index in [2.05, 4.69) is 5.10 Å². The Hall–Kier alpha value is -2.02. The van der Waals surface area contributed by atoms with Gasteiger partial charge in [0.25, 0.3) is 0 Å². The van der Waals surface area contributed by atoms with Gasteiger partial charge in [-0.25, -0.2) is 4.68 Å². The van der Waals surface area contributed by atoms with Crippen LogP contribution < -0.4 is 10.5 Å². The summed E-state index contributed by atoms with van der Waals surface area (Å²) in [6.07, 6.45) is -3.17. The van der Waals surface area contributed by atoms with Crippen molar-refractivity contribution < 1.29 is 17.9 Å². The van der Waals surface area contributed by atoms with Gasteiger partial charge in [-0.05, 0) is 25.1 Å². The molecule has 2 N–H and O–H groups in total. The molecule has 0 saturated carbocycles. The van der Waals surface area contributed by atoms with Crippen molar-refractivity contribution in [1.82, 2.24) is 9.78 Å². The number of methoxy groups -OCH3 is 1. The number of halogens is 3. The average molecular weight is 285 g/mol. The Morgan fingerprint density at radius 3 is 2.70 bits per heavy atom. The molecule has 1 aromatic carbocycles. The summed E-state index contributed by atoms with van der Waals surface area (Å²) in [5.41, 5.74) is 4.92. The van der Waals surface area contributed by atoms with E-state index in [-0.39, 0.29) is 18.5 Å². The van der Waals surface area contributed by atoms with E-state index in [4.69, 9.17) is 10.5 Å². The first-order chi connectivity index (χ1) is 9.47. The van der Waals surface area contributed by atoms with Gasteiger partial charge in [0.15, 0.2) is 5.69 Å². The number of hydrogen-bond donors (Lipinski definition) is 1. The van der Waals surface area contributed by atoms with Gasteiger partial charge in [0.1, 0.15) is 5.75 Å². The first-order valence-electron chi connectivity index (χ1n) is 5.96. The fourth-order valence-corrected chi connectivity index (χ4v) is 1.96. The van der Waals surface area contributed by atoms with Gasteiger partial charge < -0.3 is 10.5 Å². The zero-order chi connectivity index (χ0) is 14.8. The van der Waals surface area contributed by atoms with E-state index in [9.17, 15) is 13.2 Å². The standard InChI is InChI=1S/C13H14F3N3O/c1-20-11-4-2-3-10(7-11)19-12(13(14,15)16)9(5-6-17)8-18-19/h2-4,7-8H,5-6,17H2,1H3. The van der Waals surface area contributed by atoms with E-state index in [0.717, 1.165) is 4.68 Å². The third-order valence-electron chi connectivity index (χ3n) is 2.83. The van der Waals surface area contributed by atoms with Crippen LogP contribution >= 0.6 is 0 Å². The summed E-state index contributed by atoms with van der Waals surface area (Å²) in [4.78, 5) is 0. The van der Waals surface area contributed by atoms with Crippen LogP contribution in [0.5, 0.6) is 5.75 Å². The topological polar surface area (TPSA) is 53.1 Å². The summed E-state index contributed by atoms with van der Waals surface area (Å²) in [5, 5.41) is 3.83. The number of aromatic nitrogens is 2. The molecule has 0 atom stereocenters. The van der Waals surface area contributed by atoms with Crippen LogP contribution in [0, 0.1) is 0 Å². The quantitative estimate of drug-likeness (QED) is 0.938. The molecular weight excluding hydrogens is 271 g/mol. The Morgan fingerprint density at radius 1 is 1.35 bits per heavy atom. The van der Waals surface area contributed by atoms with E-state index in [1.807, 2.05) is 0 Å². The zero-order valence-corrected chi connectivity index (χ0v) is 10.8. The normalized spacial score (nSPS) is 11.7. The third-order valence-corrected chi connectivity index (χ3v) is 2.83. The number of hydrogen-bond acceptors (Lipinski definition) is 3. The van der Waals surface area contributed by atoms with E-state index in [1.54, 1.807) is 12.1 Å². The van der Waals surface area contributed by atoms with Crippen LogP contribution in [0.25, 0.3) is 5.69 Å². The lowest BCUT2D eigenvalue weighted by Crippen LogP contribution is -2.17. The molecule has 2 rings (SSSR count). The second kappa shape index (κ2) is 5.54. The van der Waals surface area contributed by atoms with Crippen LogP contribution in [0.3, 0.4) is 0 Å². The largest absolute Gasteiger partial charge is 0.497 e.